The van der Waals surface area contributed by atoms with Gasteiger partial charge in [-0.2, -0.15) is 5.26 Å². The summed E-state index contributed by atoms with van der Waals surface area (Å²) < 4.78 is 1.13. The summed E-state index contributed by atoms with van der Waals surface area (Å²) in [5.74, 6) is -0.0981. The molecule has 4 rings (SSSR count). The van der Waals surface area contributed by atoms with Crippen LogP contribution in [0, 0.1) is 11.5 Å². The van der Waals surface area contributed by atoms with Crippen LogP contribution in [0.5, 0.6) is 0 Å². The number of likely N-dealkylation sites (N-methyl/N-ethyl adjacent to an activating group) is 1. The van der Waals surface area contributed by atoms with Gasteiger partial charge in [-0.05, 0) is 41.3 Å². The molecule has 3 amide bonds. The van der Waals surface area contributed by atoms with Crippen LogP contribution in [0.3, 0.4) is 0 Å². The van der Waals surface area contributed by atoms with E-state index in [-0.39, 0.29) is 18.6 Å². The maximum atomic E-state index is 13.0. The van der Waals surface area contributed by atoms with Crippen LogP contribution in [0.15, 0.2) is 60.0 Å². The summed E-state index contributed by atoms with van der Waals surface area (Å²) in [4.78, 5) is 26.7. The Labute approximate surface area is 185 Å². The molecule has 3 unspecified atom stereocenters. The fourth-order valence-corrected chi connectivity index (χ4v) is 4.84. The van der Waals surface area contributed by atoms with Gasteiger partial charge in [0, 0.05) is 29.6 Å². The molecule has 7 heteroatoms. The first-order valence-electron chi connectivity index (χ1n) is 10.4. The van der Waals surface area contributed by atoms with Gasteiger partial charge < -0.3 is 10.6 Å². The molecule has 6 nitrogen and oxygen atoms in total. The monoisotopic (exact) mass is 432 g/mol. The number of carbonyl (C=O) groups excluding carboxylic acids is 2. The number of benzene rings is 2. The first-order valence-corrected chi connectivity index (χ1v) is 11.3. The number of hydrogen-bond acceptors (Lipinski definition) is 4. The quantitative estimate of drug-likeness (QED) is 0.437. The summed E-state index contributed by atoms with van der Waals surface area (Å²) in [6.45, 7) is 2.01. The number of urea groups is 1. The highest BCUT2D eigenvalue weighted by atomic mass is 32.1. The van der Waals surface area contributed by atoms with Crippen molar-refractivity contribution in [1.82, 2.24) is 15.5 Å². The third kappa shape index (κ3) is 4.70. The van der Waals surface area contributed by atoms with E-state index >= 15 is 0 Å². The Morgan fingerprint density at radius 3 is 2.68 bits per heavy atom. The number of nitrogens with zero attached hydrogens (tertiary/aromatic N) is 2. The van der Waals surface area contributed by atoms with Gasteiger partial charge in [0.25, 0.3) is 5.91 Å². The van der Waals surface area contributed by atoms with Gasteiger partial charge in [-0.3, -0.25) is 4.79 Å². The van der Waals surface area contributed by atoms with Crippen LogP contribution in [0.1, 0.15) is 30.4 Å². The van der Waals surface area contributed by atoms with Crippen molar-refractivity contribution in [2.45, 2.75) is 37.8 Å². The smallest absolute Gasteiger partial charge is 0.315 e. The molecule has 31 heavy (non-hydrogen) atoms. The largest absolute Gasteiger partial charge is 0.335 e. The van der Waals surface area contributed by atoms with Crippen molar-refractivity contribution in [2.24, 2.45) is 0 Å². The van der Waals surface area contributed by atoms with Crippen molar-refractivity contribution < 1.29 is 9.59 Å². The Morgan fingerprint density at radius 1 is 1.19 bits per heavy atom. The molecule has 0 radical (unpaired) electrons. The summed E-state index contributed by atoms with van der Waals surface area (Å²) in [5.41, 5.74) is 2.19. The summed E-state index contributed by atoms with van der Waals surface area (Å²) in [6.07, 6.45) is 3.13. The van der Waals surface area contributed by atoms with E-state index in [0.29, 0.717) is 12.3 Å². The topological polar surface area (TPSA) is 85.2 Å². The first kappa shape index (κ1) is 20.9. The molecule has 158 valence electrons. The van der Waals surface area contributed by atoms with Gasteiger partial charge in [-0.15, -0.1) is 11.3 Å². The molecule has 0 bridgehead atoms. The van der Waals surface area contributed by atoms with Crippen LogP contribution in [0.4, 0.5) is 4.79 Å². The first-order chi connectivity index (χ1) is 15.1. The van der Waals surface area contributed by atoms with E-state index in [2.05, 4.69) is 22.8 Å². The molecule has 1 aliphatic carbocycles. The fourth-order valence-electron chi connectivity index (χ4n) is 3.87. The zero-order chi connectivity index (χ0) is 21.8. The second kappa shape index (κ2) is 9.19. The van der Waals surface area contributed by atoms with Gasteiger partial charge in [0.2, 0.25) is 0 Å². The molecular formula is C24H24N4O2S. The Bertz CT molecular complexity index is 1120. The Hall–Kier alpha value is -3.37. The molecule has 1 heterocycles. The lowest BCUT2D eigenvalue weighted by Gasteiger charge is -2.22. The highest BCUT2D eigenvalue weighted by molar-refractivity contribution is 7.17. The van der Waals surface area contributed by atoms with Gasteiger partial charge in [0.05, 0.1) is 0 Å². The van der Waals surface area contributed by atoms with Crippen LogP contribution in [-0.2, 0) is 11.2 Å². The summed E-state index contributed by atoms with van der Waals surface area (Å²) >= 11 is 1.61. The van der Waals surface area contributed by atoms with Crippen LogP contribution in [0.2, 0.25) is 0 Å². The van der Waals surface area contributed by atoms with E-state index in [1.807, 2.05) is 54.0 Å². The SMILES string of the molecule is CCN(C#N)C(=O)C(Cc1csc2ccccc12)NC(=O)NC1CC1c1ccccc1. The van der Waals surface area contributed by atoms with Gasteiger partial charge in [0.15, 0.2) is 6.19 Å². The minimum Gasteiger partial charge on any atom is -0.335 e. The Morgan fingerprint density at radius 2 is 1.94 bits per heavy atom. The molecule has 1 fully saturated rings. The predicted octanol–water partition coefficient (Wildman–Crippen LogP) is 4.00. The van der Waals surface area contributed by atoms with Crippen molar-refractivity contribution in [3.05, 3.63) is 71.1 Å². The van der Waals surface area contributed by atoms with Crippen molar-refractivity contribution in [3.8, 4) is 6.19 Å². The number of thiophene rings is 1. The Kier molecular flexibility index (Phi) is 6.19. The molecule has 0 saturated heterocycles. The molecule has 0 spiro atoms. The Balaban J connectivity index is 1.46. The lowest BCUT2D eigenvalue weighted by molar-refractivity contribution is -0.129. The standard InChI is InChI=1S/C24H24N4O2S/c1-2-28(15-25)23(29)21(12-17-14-31-22-11-7-6-10-18(17)22)27-24(30)26-20-13-19(20)16-8-4-3-5-9-16/h3-11,14,19-21H,2,12-13H2,1H3,(H2,26,27,30). The van der Waals surface area contributed by atoms with Crippen molar-refractivity contribution in [2.75, 3.05) is 6.54 Å². The number of carbonyl (C=O) groups is 2. The lowest BCUT2D eigenvalue weighted by Crippen LogP contribution is -2.51. The molecule has 1 saturated carbocycles. The highest BCUT2D eigenvalue weighted by Gasteiger charge is 2.40. The molecule has 3 aromatic rings. The van der Waals surface area contributed by atoms with Crippen LogP contribution in [0.25, 0.3) is 10.1 Å². The van der Waals surface area contributed by atoms with Gasteiger partial charge in [0.1, 0.15) is 6.04 Å². The van der Waals surface area contributed by atoms with Gasteiger partial charge in [-0.25, -0.2) is 9.69 Å². The number of hydrogen-bond donors (Lipinski definition) is 2. The molecule has 1 aliphatic rings. The second-order valence-electron chi connectivity index (χ2n) is 7.67. The summed E-state index contributed by atoms with van der Waals surface area (Å²) in [7, 11) is 0. The minimum atomic E-state index is -0.813. The number of amides is 3. The number of rotatable bonds is 7. The second-order valence-corrected chi connectivity index (χ2v) is 8.58. The van der Waals surface area contributed by atoms with Crippen LogP contribution >= 0.6 is 11.3 Å². The summed E-state index contributed by atoms with van der Waals surface area (Å²) in [6, 6.07) is 16.9. The van der Waals surface area contributed by atoms with E-state index in [1.54, 1.807) is 18.3 Å². The van der Waals surface area contributed by atoms with E-state index in [0.717, 1.165) is 27.0 Å². The van der Waals surface area contributed by atoms with Gasteiger partial charge >= 0.3 is 6.03 Å². The fraction of sp³-hybridized carbons (Fsp3) is 0.292. The molecule has 2 N–H and O–H groups in total. The molecular weight excluding hydrogens is 408 g/mol. The number of fused-ring (bicyclic) bond motifs is 1. The maximum absolute atomic E-state index is 13.0. The number of nitrogens with one attached hydrogen (secondary N) is 2. The average molecular weight is 433 g/mol. The van der Waals surface area contributed by atoms with Crippen molar-refractivity contribution in [3.63, 3.8) is 0 Å². The minimum absolute atomic E-state index is 0.0541. The van der Waals surface area contributed by atoms with E-state index in [4.69, 9.17) is 0 Å². The molecule has 2 aromatic carbocycles. The van der Waals surface area contributed by atoms with Crippen molar-refractivity contribution in [1.29, 1.82) is 5.26 Å². The van der Waals surface area contributed by atoms with E-state index in [9.17, 15) is 14.9 Å². The van der Waals surface area contributed by atoms with Gasteiger partial charge in [-0.1, -0.05) is 48.5 Å². The normalized spacial score (nSPS) is 18.1. The molecule has 0 aliphatic heterocycles. The molecule has 1 aromatic heterocycles. The zero-order valence-corrected chi connectivity index (χ0v) is 18.1. The lowest BCUT2D eigenvalue weighted by atomic mass is 10.0. The van der Waals surface area contributed by atoms with Crippen LogP contribution < -0.4 is 10.6 Å². The van der Waals surface area contributed by atoms with Crippen LogP contribution in [-0.4, -0.2) is 35.5 Å². The summed E-state index contributed by atoms with van der Waals surface area (Å²) in [5, 5.41) is 18.2. The molecule has 3 atom stereocenters. The van der Waals surface area contributed by atoms with E-state index < -0.39 is 11.9 Å². The zero-order valence-electron chi connectivity index (χ0n) is 17.2. The third-order valence-electron chi connectivity index (χ3n) is 5.63. The number of nitriles is 1. The maximum Gasteiger partial charge on any atom is 0.315 e. The predicted molar refractivity (Wildman–Crippen MR) is 122 cm³/mol. The van der Waals surface area contributed by atoms with E-state index in [1.165, 1.54) is 5.56 Å². The highest BCUT2D eigenvalue weighted by Crippen LogP contribution is 2.40. The van der Waals surface area contributed by atoms with Crippen molar-refractivity contribution >= 4 is 33.4 Å². The average Bonchev–Trinajstić information content (AvgIpc) is 3.44. The third-order valence-corrected chi connectivity index (χ3v) is 6.64.